The smallest absolute Gasteiger partial charge is 0.0213 e. The molecule has 0 bridgehead atoms. The van der Waals surface area contributed by atoms with Gasteiger partial charge in [0, 0.05) is 0 Å². The van der Waals surface area contributed by atoms with Crippen LogP contribution in [-0.4, -0.2) is 0 Å². The molecule has 0 aromatic heterocycles. The highest BCUT2D eigenvalue weighted by Crippen LogP contribution is 2.39. The summed E-state index contributed by atoms with van der Waals surface area (Å²) in [6.45, 7) is 14.0. The summed E-state index contributed by atoms with van der Waals surface area (Å²) in [6, 6.07) is 0. The Morgan fingerprint density at radius 2 is 1.90 bits per heavy atom. The average molecular weight is 291 g/mol. The summed E-state index contributed by atoms with van der Waals surface area (Å²) in [5, 5.41) is 0. The second-order valence-electron chi connectivity index (χ2n) is 7.74. The van der Waals surface area contributed by atoms with E-state index in [0.29, 0.717) is 0 Å². The Balaban J connectivity index is 2.46. The molecular formula is C21H38. The quantitative estimate of drug-likeness (QED) is 0.416. The maximum absolute atomic E-state index is 3.58. The molecule has 122 valence electrons. The van der Waals surface area contributed by atoms with Gasteiger partial charge in [-0.25, -0.2) is 0 Å². The van der Waals surface area contributed by atoms with Gasteiger partial charge in [-0.15, -0.1) is 5.73 Å². The van der Waals surface area contributed by atoms with Crippen molar-refractivity contribution in [3.8, 4) is 0 Å². The van der Waals surface area contributed by atoms with Crippen molar-refractivity contribution >= 4 is 0 Å². The highest BCUT2D eigenvalue weighted by molar-refractivity contribution is 5.12. The summed E-state index contributed by atoms with van der Waals surface area (Å²) in [4.78, 5) is 0. The minimum Gasteiger partial charge on any atom is -0.123 e. The van der Waals surface area contributed by atoms with Crippen LogP contribution in [0.1, 0.15) is 92.9 Å². The molecule has 21 heavy (non-hydrogen) atoms. The summed E-state index contributed by atoms with van der Waals surface area (Å²) >= 11 is 0. The first-order valence-electron chi connectivity index (χ1n) is 9.39. The van der Waals surface area contributed by atoms with E-state index in [1.54, 1.807) is 5.57 Å². The maximum atomic E-state index is 3.58. The van der Waals surface area contributed by atoms with E-state index in [-0.39, 0.29) is 0 Å². The number of unbranched alkanes of at least 4 members (excludes halogenated alkanes) is 1. The maximum Gasteiger partial charge on any atom is -0.0213 e. The summed E-state index contributed by atoms with van der Waals surface area (Å²) in [6.07, 6.45) is 11.0. The van der Waals surface area contributed by atoms with Crippen molar-refractivity contribution in [2.75, 3.05) is 0 Å². The number of hydrogen-bond acceptors (Lipinski definition) is 0. The molecule has 0 aromatic carbocycles. The van der Waals surface area contributed by atoms with Crippen molar-refractivity contribution in [1.82, 2.24) is 0 Å². The molecule has 1 aliphatic rings. The third kappa shape index (κ3) is 6.43. The lowest BCUT2D eigenvalue weighted by molar-refractivity contribution is 0.266. The minimum absolute atomic E-state index is 0.870. The zero-order valence-electron chi connectivity index (χ0n) is 15.5. The first-order valence-corrected chi connectivity index (χ1v) is 9.39. The Morgan fingerprint density at radius 3 is 2.48 bits per heavy atom. The number of rotatable bonds is 8. The van der Waals surface area contributed by atoms with Gasteiger partial charge in [-0.3, -0.25) is 0 Å². The molecule has 1 saturated carbocycles. The predicted octanol–water partition coefficient (Wildman–Crippen LogP) is 7.16. The molecule has 0 amide bonds. The van der Waals surface area contributed by atoms with E-state index in [9.17, 15) is 0 Å². The summed E-state index contributed by atoms with van der Waals surface area (Å²) in [5.74, 6) is 3.65. The molecule has 0 aliphatic heterocycles. The topological polar surface area (TPSA) is 0 Å². The number of hydrogen-bond donors (Lipinski definition) is 0. The van der Waals surface area contributed by atoms with Gasteiger partial charge in [0.2, 0.25) is 0 Å². The van der Waals surface area contributed by atoms with Crippen LogP contribution in [0.3, 0.4) is 0 Å². The highest BCUT2D eigenvalue weighted by atomic mass is 14.3. The van der Waals surface area contributed by atoms with Crippen LogP contribution >= 0.6 is 0 Å². The minimum atomic E-state index is 0.870. The van der Waals surface area contributed by atoms with Crippen molar-refractivity contribution in [2.24, 2.45) is 23.7 Å². The average Bonchev–Trinajstić information content (AvgIpc) is 2.76. The molecule has 0 saturated heterocycles. The van der Waals surface area contributed by atoms with Gasteiger partial charge in [-0.2, -0.15) is 0 Å². The van der Waals surface area contributed by atoms with Gasteiger partial charge in [0.1, 0.15) is 0 Å². The largest absolute Gasteiger partial charge is 0.123 e. The van der Waals surface area contributed by atoms with E-state index in [0.717, 1.165) is 23.7 Å². The first kappa shape index (κ1) is 18.6. The van der Waals surface area contributed by atoms with Crippen LogP contribution in [0.15, 0.2) is 16.9 Å². The van der Waals surface area contributed by atoms with Gasteiger partial charge in [0.15, 0.2) is 0 Å². The molecule has 0 aromatic rings. The van der Waals surface area contributed by atoms with E-state index < -0.39 is 0 Å². The Hall–Kier alpha value is -0.480. The monoisotopic (exact) mass is 290 g/mol. The SMILES string of the molecule is CCCCC(CC)C(C)CCC1CC(=C=C(C)C)CC1C. The predicted molar refractivity (Wildman–Crippen MR) is 95.5 cm³/mol. The molecule has 0 radical (unpaired) electrons. The summed E-state index contributed by atoms with van der Waals surface area (Å²) in [5.41, 5.74) is 6.51. The van der Waals surface area contributed by atoms with Gasteiger partial charge >= 0.3 is 0 Å². The fourth-order valence-corrected chi connectivity index (χ4v) is 4.07. The molecule has 1 fully saturated rings. The van der Waals surface area contributed by atoms with Crippen LogP contribution < -0.4 is 0 Å². The van der Waals surface area contributed by atoms with E-state index in [2.05, 4.69) is 47.3 Å². The zero-order valence-corrected chi connectivity index (χ0v) is 15.5. The van der Waals surface area contributed by atoms with Gasteiger partial charge < -0.3 is 0 Å². The lowest BCUT2D eigenvalue weighted by Gasteiger charge is -2.24. The highest BCUT2D eigenvalue weighted by Gasteiger charge is 2.27. The van der Waals surface area contributed by atoms with Gasteiger partial charge in [-0.05, 0) is 67.9 Å². The zero-order chi connectivity index (χ0) is 15.8. The molecular weight excluding hydrogens is 252 g/mol. The first-order chi connectivity index (χ1) is 9.97. The van der Waals surface area contributed by atoms with Crippen LogP contribution in [-0.2, 0) is 0 Å². The van der Waals surface area contributed by atoms with Crippen LogP contribution in [0.4, 0.5) is 0 Å². The van der Waals surface area contributed by atoms with E-state index >= 15 is 0 Å². The molecule has 0 spiro atoms. The Bertz CT molecular complexity index is 352. The second kappa shape index (κ2) is 9.52. The molecule has 0 N–H and O–H groups in total. The van der Waals surface area contributed by atoms with Crippen molar-refractivity contribution in [3.63, 3.8) is 0 Å². The Morgan fingerprint density at radius 1 is 1.19 bits per heavy atom. The molecule has 1 aliphatic carbocycles. The summed E-state index contributed by atoms with van der Waals surface area (Å²) < 4.78 is 0. The van der Waals surface area contributed by atoms with Crippen molar-refractivity contribution in [2.45, 2.75) is 92.9 Å². The third-order valence-electron chi connectivity index (χ3n) is 5.56. The molecule has 1 rings (SSSR count). The van der Waals surface area contributed by atoms with Gasteiger partial charge in [0.25, 0.3) is 0 Å². The van der Waals surface area contributed by atoms with Gasteiger partial charge in [-0.1, -0.05) is 59.8 Å². The van der Waals surface area contributed by atoms with Crippen LogP contribution in [0, 0.1) is 23.7 Å². The fourth-order valence-electron chi connectivity index (χ4n) is 4.07. The van der Waals surface area contributed by atoms with E-state index in [4.69, 9.17) is 0 Å². The van der Waals surface area contributed by atoms with E-state index in [1.807, 2.05) is 0 Å². The third-order valence-corrected chi connectivity index (χ3v) is 5.56. The molecule has 0 nitrogen and oxygen atoms in total. The number of allylic oxidation sites excluding steroid dienone is 1. The lowest BCUT2D eigenvalue weighted by atomic mass is 9.81. The molecule has 0 heteroatoms. The second-order valence-corrected chi connectivity index (χ2v) is 7.74. The molecule has 4 atom stereocenters. The standard InChI is InChI=1S/C21H38/c1-7-9-10-20(8-2)17(5)11-12-21-15-19(13-16(3)4)14-18(21)6/h17-18,20-21H,7-12,14-15H2,1-6H3. The molecule has 4 unspecified atom stereocenters. The Labute approximate surface area is 134 Å². The molecule has 0 heterocycles. The van der Waals surface area contributed by atoms with Crippen molar-refractivity contribution in [1.29, 1.82) is 0 Å². The van der Waals surface area contributed by atoms with E-state index in [1.165, 1.54) is 56.9 Å². The Kier molecular flexibility index (Phi) is 8.42. The van der Waals surface area contributed by atoms with Crippen LogP contribution in [0.2, 0.25) is 0 Å². The van der Waals surface area contributed by atoms with Crippen LogP contribution in [0.25, 0.3) is 0 Å². The van der Waals surface area contributed by atoms with Crippen molar-refractivity contribution in [3.05, 3.63) is 16.9 Å². The summed E-state index contributed by atoms with van der Waals surface area (Å²) in [7, 11) is 0. The lowest BCUT2D eigenvalue weighted by Crippen LogP contribution is -2.13. The van der Waals surface area contributed by atoms with Gasteiger partial charge in [0.05, 0.1) is 0 Å². The van der Waals surface area contributed by atoms with Crippen molar-refractivity contribution < 1.29 is 0 Å². The normalized spacial score (nSPS) is 24.8. The van der Waals surface area contributed by atoms with Crippen LogP contribution in [0.5, 0.6) is 0 Å². The fraction of sp³-hybridized carbons (Fsp3) is 0.857.